The molecule has 0 spiro atoms. The molecule has 1 aromatic heterocycles. The van der Waals surface area contributed by atoms with Crippen LogP contribution in [0.15, 0.2) is 35.5 Å². The lowest BCUT2D eigenvalue weighted by atomic mass is 10.0. The average Bonchev–Trinajstić information content (AvgIpc) is 2.58. The Balaban J connectivity index is 2.06. The Morgan fingerprint density at radius 2 is 1.85 bits per heavy atom. The number of aromatic nitrogens is 1. The summed E-state index contributed by atoms with van der Waals surface area (Å²) in [6, 6.07) is 4.97. The van der Waals surface area contributed by atoms with Gasteiger partial charge in [0.25, 0.3) is 0 Å². The number of alkyl halides is 3. The van der Waals surface area contributed by atoms with E-state index in [1.54, 1.807) is 20.0 Å². The van der Waals surface area contributed by atoms with Gasteiger partial charge in [-0.2, -0.15) is 13.2 Å². The molecule has 8 heteroatoms. The van der Waals surface area contributed by atoms with Crippen LogP contribution >= 0.6 is 0 Å². The summed E-state index contributed by atoms with van der Waals surface area (Å²) in [5, 5.41) is 14.5. The lowest BCUT2D eigenvalue weighted by Crippen LogP contribution is -2.40. The van der Waals surface area contributed by atoms with Crippen molar-refractivity contribution in [3.8, 4) is 11.1 Å². The molecule has 5 nitrogen and oxygen atoms in total. The van der Waals surface area contributed by atoms with E-state index in [0.717, 1.165) is 17.4 Å². The SMILES string of the molecule is CN1C=c2c(NCC(C)(C)O)ncc(-c3ccc(C(F)(F)F)cc3)c2=NC1. The van der Waals surface area contributed by atoms with Gasteiger partial charge in [0.05, 0.1) is 21.7 Å². The van der Waals surface area contributed by atoms with Crippen molar-refractivity contribution in [3.05, 3.63) is 46.6 Å². The maximum Gasteiger partial charge on any atom is 0.416 e. The Kier molecular flexibility index (Phi) is 4.86. The fourth-order valence-corrected chi connectivity index (χ4v) is 2.74. The smallest absolute Gasteiger partial charge is 0.389 e. The number of hydrogen-bond donors (Lipinski definition) is 2. The van der Waals surface area contributed by atoms with Gasteiger partial charge in [-0.1, -0.05) is 12.1 Å². The molecule has 0 fully saturated rings. The van der Waals surface area contributed by atoms with Crippen LogP contribution in [0.25, 0.3) is 17.3 Å². The highest BCUT2D eigenvalue weighted by Crippen LogP contribution is 2.30. The minimum atomic E-state index is -4.37. The van der Waals surface area contributed by atoms with Crippen LogP contribution in [-0.4, -0.2) is 40.9 Å². The minimum absolute atomic E-state index is 0.295. The molecule has 3 rings (SSSR count). The Morgan fingerprint density at radius 3 is 2.44 bits per heavy atom. The number of anilines is 1. The molecule has 0 saturated carbocycles. The normalized spacial score (nSPS) is 14.3. The second kappa shape index (κ2) is 6.84. The fraction of sp³-hybridized carbons (Fsp3) is 0.368. The molecule has 1 aliphatic rings. The van der Waals surface area contributed by atoms with E-state index < -0.39 is 17.3 Å². The van der Waals surface area contributed by atoms with Gasteiger partial charge in [0, 0.05) is 31.6 Å². The van der Waals surface area contributed by atoms with E-state index in [9.17, 15) is 18.3 Å². The topological polar surface area (TPSA) is 60.8 Å². The maximum atomic E-state index is 12.8. The highest BCUT2D eigenvalue weighted by atomic mass is 19.4. The Bertz CT molecular complexity index is 947. The molecule has 0 unspecified atom stereocenters. The molecule has 144 valence electrons. The van der Waals surface area contributed by atoms with Gasteiger partial charge in [-0.3, -0.25) is 4.99 Å². The standard InChI is InChI=1S/C19H21F3N4O/c1-18(2,27)10-24-17-15-9-26(3)11-25-16(15)14(8-23-17)12-4-6-13(7-5-12)19(20,21)22/h4-9,27H,10-11H2,1-3H3,(H,23,24). The number of benzene rings is 1. The van der Waals surface area contributed by atoms with E-state index in [4.69, 9.17) is 0 Å². The summed E-state index contributed by atoms with van der Waals surface area (Å²) in [5.74, 6) is 0.568. The van der Waals surface area contributed by atoms with Crippen LogP contribution < -0.4 is 15.9 Å². The predicted octanol–water partition coefficient (Wildman–Crippen LogP) is 2.21. The van der Waals surface area contributed by atoms with Gasteiger partial charge in [0.1, 0.15) is 12.5 Å². The number of aliphatic hydroxyl groups is 1. The lowest BCUT2D eigenvalue weighted by Gasteiger charge is -2.21. The summed E-state index contributed by atoms with van der Waals surface area (Å²) in [4.78, 5) is 10.9. The van der Waals surface area contributed by atoms with E-state index in [2.05, 4.69) is 15.3 Å². The molecule has 2 aromatic rings. The fourth-order valence-electron chi connectivity index (χ4n) is 2.74. The molecule has 0 radical (unpaired) electrons. The van der Waals surface area contributed by atoms with Crippen LogP contribution in [0, 0.1) is 0 Å². The summed E-state index contributed by atoms with van der Waals surface area (Å²) < 4.78 is 38.4. The molecule has 0 amide bonds. The Hall–Kier alpha value is -2.61. The van der Waals surface area contributed by atoms with Crippen molar-refractivity contribution >= 4 is 12.0 Å². The first kappa shape index (κ1) is 19.2. The van der Waals surface area contributed by atoms with Crippen LogP contribution in [0.1, 0.15) is 19.4 Å². The maximum absolute atomic E-state index is 12.8. The van der Waals surface area contributed by atoms with Crippen LogP contribution in [0.2, 0.25) is 0 Å². The van der Waals surface area contributed by atoms with Crippen molar-refractivity contribution in [2.24, 2.45) is 4.99 Å². The summed E-state index contributed by atoms with van der Waals surface area (Å²) >= 11 is 0. The molecule has 0 bridgehead atoms. The molecule has 27 heavy (non-hydrogen) atoms. The second-order valence-corrected chi connectivity index (χ2v) is 7.21. The Morgan fingerprint density at radius 1 is 1.19 bits per heavy atom. The van der Waals surface area contributed by atoms with Crippen molar-refractivity contribution in [2.75, 3.05) is 25.6 Å². The van der Waals surface area contributed by atoms with E-state index in [1.165, 1.54) is 12.1 Å². The lowest BCUT2D eigenvalue weighted by molar-refractivity contribution is -0.137. The Labute approximate surface area is 154 Å². The largest absolute Gasteiger partial charge is 0.416 e. The quantitative estimate of drug-likeness (QED) is 0.857. The number of fused-ring (bicyclic) bond motifs is 1. The minimum Gasteiger partial charge on any atom is -0.389 e. The first-order valence-corrected chi connectivity index (χ1v) is 8.44. The number of rotatable bonds is 4. The molecule has 2 N–H and O–H groups in total. The van der Waals surface area contributed by atoms with Gasteiger partial charge >= 0.3 is 6.18 Å². The van der Waals surface area contributed by atoms with Crippen molar-refractivity contribution < 1.29 is 18.3 Å². The molecule has 0 saturated heterocycles. The molecular formula is C19H21F3N4O. The van der Waals surface area contributed by atoms with Crippen LogP contribution in [0.5, 0.6) is 0 Å². The van der Waals surface area contributed by atoms with E-state index in [-0.39, 0.29) is 0 Å². The van der Waals surface area contributed by atoms with Crippen LogP contribution in [0.4, 0.5) is 19.0 Å². The number of nitrogens with one attached hydrogen (secondary N) is 1. The molecule has 1 aliphatic heterocycles. The summed E-state index contributed by atoms with van der Waals surface area (Å²) in [5.41, 5.74) is -0.336. The zero-order chi connectivity index (χ0) is 19.8. The van der Waals surface area contributed by atoms with E-state index in [1.807, 2.05) is 18.1 Å². The number of hydrogen-bond acceptors (Lipinski definition) is 5. The number of pyridine rings is 1. The van der Waals surface area contributed by atoms with Crippen molar-refractivity contribution in [1.29, 1.82) is 0 Å². The monoisotopic (exact) mass is 378 g/mol. The molecule has 0 atom stereocenters. The van der Waals surface area contributed by atoms with Crippen LogP contribution in [-0.2, 0) is 6.18 Å². The highest BCUT2D eigenvalue weighted by molar-refractivity contribution is 5.65. The van der Waals surface area contributed by atoms with Gasteiger partial charge in [-0.05, 0) is 31.5 Å². The highest BCUT2D eigenvalue weighted by Gasteiger charge is 2.30. The van der Waals surface area contributed by atoms with Gasteiger partial charge < -0.3 is 15.3 Å². The van der Waals surface area contributed by atoms with Crippen molar-refractivity contribution in [1.82, 2.24) is 9.88 Å². The van der Waals surface area contributed by atoms with Gasteiger partial charge in [-0.15, -0.1) is 0 Å². The third-order valence-electron chi connectivity index (χ3n) is 4.10. The van der Waals surface area contributed by atoms with Gasteiger partial charge in [-0.25, -0.2) is 4.98 Å². The molecular weight excluding hydrogens is 357 g/mol. The van der Waals surface area contributed by atoms with E-state index >= 15 is 0 Å². The summed E-state index contributed by atoms with van der Waals surface area (Å²) in [6.07, 6.45) is -0.894. The zero-order valence-corrected chi connectivity index (χ0v) is 15.3. The number of nitrogens with zero attached hydrogens (tertiary/aromatic N) is 3. The molecule has 2 heterocycles. The predicted molar refractivity (Wildman–Crippen MR) is 97.3 cm³/mol. The third kappa shape index (κ3) is 4.39. The average molecular weight is 378 g/mol. The first-order chi connectivity index (χ1) is 12.5. The second-order valence-electron chi connectivity index (χ2n) is 7.21. The molecule has 1 aromatic carbocycles. The third-order valence-corrected chi connectivity index (χ3v) is 4.10. The molecule has 0 aliphatic carbocycles. The van der Waals surface area contributed by atoms with Gasteiger partial charge in [0.15, 0.2) is 0 Å². The van der Waals surface area contributed by atoms with Crippen molar-refractivity contribution in [3.63, 3.8) is 0 Å². The van der Waals surface area contributed by atoms with Crippen molar-refractivity contribution in [2.45, 2.75) is 25.6 Å². The van der Waals surface area contributed by atoms with Crippen LogP contribution in [0.3, 0.4) is 0 Å². The van der Waals surface area contributed by atoms with Gasteiger partial charge in [0.2, 0.25) is 0 Å². The first-order valence-electron chi connectivity index (χ1n) is 8.44. The zero-order valence-electron chi connectivity index (χ0n) is 15.3. The summed E-state index contributed by atoms with van der Waals surface area (Å²) in [7, 11) is 1.87. The van der Waals surface area contributed by atoms with E-state index in [0.29, 0.717) is 35.5 Å². The number of halogens is 3. The summed E-state index contributed by atoms with van der Waals surface area (Å²) in [6.45, 7) is 4.10.